The monoisotopic (exact) mass is 802 g/mol. The van der Waals surface area contributed by atoms with Crippen molar-refractivity contribution >= 4 is 5.91 Å². The third-order valence-corrected chi connectivity index (χ3v) is 12.2. The van der Waals surface area contributed by atoms with E-state index in [1.54, 1.807) is 6.08 Å². The molecule has 57 heavy (non-hydrogen) atoms. The van der Waals surface area contributed by atoms with Crippen LogP contribution < -0.4 is 5.32 Å². The maximum absolute atomic E-state index is 12.2. The molecule has 0 radical (unpaired) electrons. The molecule has 0 aliphatic rings. The van der Waals surface area contributed by atoms with Gasteiger partial charge < -0.3 is 15.5 Å². The molecule has 0 aromatic rings. The molecule has 2 unspecified atom stereocenters. The largest absolute Gasteiger partial charge is 0.394 e. The van der Waals surface area contributed by atoms with Gasteiger partial charge in [0.15, 0.2) is 0 Å². The SMILES string of the molecule is CCCC/C=C/C(O)C(CO)NC(=O)CCCCCCCCCCCCCCCCCCCCCCCCCCCCCCC/C=C\CCCCCCCCCC. The van der Waals surface area contributed by atoms with Gasteiger partial charge in [-0.1, -0.05) is 269 Å². The lowest BCUT2D eigenvalue weighted by Crippen LogP contribution is -2.45. The normalized spacial score (nSPS) is 13.0. The molecule has 1 amide bonds. The van der Waals surface area contributed by atoms with Crippen molar-refractivity contribution in [3.8, 4) is 0 Å². The Kier molecular flexibility index (Phi) is 48.3. The van der Waals surface area contributed by atoms with Crippen molar-refractivity contribution in [1.29, 1.82) is 0 Å². The van der Waals surface area contributed by atoms with Crippen LogP contribution in [0.5, 0.6) is 0 Å². The van der Waals surface area contributed by atoms with E-state index in [-0.39, 0.29) is 12.5 Å². The zero-order chi connectivity index (χ0) is 41.4. The van der Waals surface area contributed by atoms with Crippen LogP contribution in [0.25, 0.3) is 0 Å². The maximum atomic E-state index is 12.2. The molecule has 0 aromatic carbocycles. The van der Waals surface area contributed by atoms with Gasteiger partial charge in [-0.05, 0) is 38.5 Å². The van der Waals surface area contributed by atoms with Crippen LogP contribution in [0.15, 0.2) is 24.3 Å². The van der Waals surface area contributed by atoms with Crippen LogP contribution in [0, 0.1) is 0 Å². The topological polar surface area (TPSA) is 69.6 Å². The van der Waals surface area contributed by atoms with Crippen molar-refractivity contribution in [3.63, 3.8) is 0 Å². The van der Waals surface area contributed by atoms with Crippen LogP contribution in [0.2, 0.25) is 0 Å². The van der Waals surface area contributed by atoms with Gasteiger partial charge in [0.05, 0.1) is 18.8 Å². The van der Waals surface area contributed by atoms with Gasteiger partial charge in [-0.3, -0.25) is 4.79 Å². The number of aliphatic hydroxyl groups is 2. The lowest BCUT2D eigenvalue weighted by atomic mass is 10.0. The van der Waals surface area contributed by atoms with Crippen LogP contribution in [0.4, 0.5) is 0 Å². The second-order valence-corrected chi connectivity index (χ2v) is 17.9. The fourth-order valence-electron chi connectivity index (χ4n) is 8.16. The van der Waals surface area contributed by atoms with Crippen LogP contribution in [0.3, 0.4) is 0 Å². The highest BCUT2D eigenvalue weighted by atomic mass is 16.3. The van der Waals surface area contributed by atoms with Gasteiger partial charge in [-0.15, -0.1) is 0 Å². The van der Waals surface area contributed by atoms with Crippen molar-refractivity contribution in [1.82, 2.24) is 5.32 Å². The zero-order valence-electron chi connectivity index (χ0n) is 38.9. The van der Waals surface area contributed by atoms with Gasteiger partial charge >= 0.3 is 0 Å². The molecule has 0 spiro atoms. The summed E-state index contributed by atoms with van der Waals surface area (Å²) in [6.07, 6.45) is 65.5. The van der Waals surface area contributed by atoms with Crippen molar-refractivity contribution in [2.75, 3.05) is 6.61 Å². The highest BCUT2D eigenvalue weighted by Crippen LogP contribution is 2.17. The summed E-state index contributed by atoms with van der Waals surface area (Å²) in [5.74, 6) is -0.0686. The first-order valence-electron chi connectivity index (χ1n) is 26.1. The summed E-state index contributed by atoms with van der Waals surface area (Å²) in [7, 11) is 0. The second-order valence-electron chi connectivity index (χ2n) is 17.9. The molecule has 0 saturated carbocycles. The summed E-state index contributed by atoms with van der Waals surface area (Å²) in [5.41, 5.74) is 0. The fourth-order valence-corrected chi connectivity index (χ4v) is 8.16. The molecule has 0 fully saturated rings. The van der Waals surface area contributed by atoms with Crippen molar-refractivity contribution < 1.29 is 15.0 Å². The molecular formula is C53H103NO3. The van der Waals surface area contributed by atoms with Crippen LogP contribution in [-0.4, -0.2) is 34.9 Å². The first kappa shape index (κ1) is 55.9. The summed E-state index contributed by atoms with van der Waals surface area (Å²) >= 11 is 0. The minimum Gasteiger partial charge on any atom is -0.394 e. The molecule has 338 valence electrons. The summed E-state index contributed by atoms with van der Waals surface area (Å²) in [6.45, 7) is 4.19. The standard InChI is InChI=1S/C53H103NO3/c1-3-5-7-9-10-11-12-13-14-15-16-17-18-19-20-21-22-23-24-25-26-27-28-29-30-31-32-33-34-35-36-37-38-39-40-41-42-43-44-45-47-49-53(57)54-51(50-55)52(56)48-46-8-6-4-2/h15-16,46,48,51-52,55-56H,3-14,17-45,47,49-50H2,1-2H3,(H,54,57)/b16-15-,48-46+. The number of amides is 1. The Bertz CT molecular complexity index is 825. The molecule has 3 N–H and O–H groups in total. The van der Waals surface area contributed by atoms with E-state index in [1.165, 1.54) is 238 Å². The average molecular weight is 802 g/mol. The van der Waals surface area contributed by atoms with Gasteiger partial charge in [0.2, 0.25) is 5.91 Å². The third kappa shape index (κ3) is 45.8. The van der Waals surface area contributed by atoms with Gasteiger partial charge in [-0.2, -0.15) is 0 Å². The Morgan fingerprint density at radius 3 is 1.00 bits per heavy atom. The fraction of sp³-hybridized carbons (Fsp3) is 0.906. The van der Waals surface area contributed by atoms with Crippen molar-refractivity contribution in [3.05, 3.63) is 24.3 Å². The van der Waals surface area contributed by atoms with E-state index >= 15 is 0 Å². The Balaban J connectivity index is 3.24. The molecule has 0 rings (SSSR count). The quantitative estimate of drug-likeness (QED) is 0.0424. The number of hydrogen-bond donors (Lipinski definition) is 3. The number of rotatable bonds is 48. The van der Waals surface area contributed by atoms with E-state index in [9.17, 15) is 15.0 Å². The van der Waals surface area contributed by atoms with Crippen molar-refractivity contribution in [2.24, 2.45) is 0 Å². The molecule has 0 aromatic heterocycles. The first-order valence-corrected chi connectivity index (χ1v) is 26.1. The Hall–Kier alpha value is -1.13. The first-order chi connectivity index (χ1) is 28.2. The number of unbranched alkanes of at least 4 members (excludes halogenated alkanes) is 39. The predicted molar refractivity (Wildman–Crippen MR) is 253 cm³/mol. The van der Waals surface area contributed by atoms with E-state index in [0.717, 1.165) is 32.1 Å². The lowest BCUT2D eigenvalue weighted by Gasteiger charge is -2.19. The minimum absolute atomic E-state index is 0.0686. The van der Waals surface area contributed by atoms with Gasteiger partial charge in [0.25, 0.3) is 0 Å². The number of allylic oxidation sites excluding steroid dienone is 3. The summed E-state index contributed by atoms with van der Waals surface area (Å²) < 4.78 is 0. The van der Waals surface area contributed by atoms with E-state index < -0.39 is 12.1 Å². The zero-order valence-corrected chi connectivity index (χ0v) is 38.9. The molecule has 4 heteroatoms. The number of hydrogen-bond acceptors (Lipinski definition) is 3. The highest BCUT2D eigenvalue weighted by Gasteiger charge is 2.17. The second kappa shape index (κ2) is 49.2. The number of carbonyl (C=O) groups excluding carboxylic acids is 1. The molecular weight excluding hydrogens is 699 g/mol. The third-order valence-electron chi connectivity index (χ3n) is 12.2. The van der Waals surface area contributed by atoms with Crippen LogP contribution >= 0.6 is 0 Å². The average Bonchev–Trinajstić information content (AvgIpc) is 3.22. The van der Waals surface area contributed by atoms with Crippen molar-refractivity contribution in [2.45, 2.75) is 302 Å². The predicted octanol–water partition coefficient (Wildman–Crippen LogP) is 16.8. The summed E-state index contributed by atoms with van der Waals surface area (Å²) in [6, 6.07) is -0.614. The summed E-state index contributed by atoms with van der Waals surface area (Å²) in [5, 5.41) is 22.6. The molecule has 4 nitrogen and oxygen atoms in total. The lowest BCUT2D eigenvalue weighted by molar-refractivity contribution is -0.123. The molecule has 0 heterocycles. The van der Waals surface area contributed by atoms with E-state index in [2.05, 4.69) is 31.3 Å². The van der Waals surface area contributed by atoms with Crippen LogP contribution in [-0.2, 0) is 4.79 Å². The van der Waals surface area contributed by atoms with Gasteiger partial charge in [0.1, 0.15) is 0 Å². The van der Waals surface area contributed by atoms with Gasteiger partial charge in [-0.25, -0.2) is 0 Å². The Labute approximate surface area is 358 Å². The molecule has 0 aliphatic carbocycles. The minimum atomic E-state index is -0.831. The summed E-state index contributed by atoms with van der Waals surface area (Å²) in [4.78, 5) is 12.2. The van der Waals surface area contributed by atoms with Crippen LogP contribution in [0.1, 0.15) is 290 Å². The van der Waals surface area contributed by atoms with Gasteiger partial charge in [0, 0.05) is 6.42 Å². The van der Waals surface area contributed by atoms with E-state index in [0.29, 0.717) is 6.42 Å². The Morgan fingerprint density at radius 1 is 0.404 bits per heavy atom. The number of carbonyl (C=O) groups is 1. The molecule has 2 atom stereocenters. The maximum Gasteiger partial charge on any atom is 0.220 e. The molecule has 0 aliphatic heterocycles. The molecule has 0 saturated heterocycles. The molecule has 0 bridgehead atoms. The Morgan fingerprint density at radius 2 is 0.684 bits per heavy atom. The number of nitrogens with one attached hydrogen (secondary N) is 1. The smallest absolute Gasteiger partial charge is 0.220 e. The van der Waals surface area contributed by atoms with E-state index in [1.807, 2.05) is 6.08 Å². The number of aliphatic hydroxyl groups excluding tert-OH is 2. The highest BCUT2D eigenvalue weighted by molar-refractivity contribution is 5.76. The van der Waals surface area contributed by atoms with E-state index in [4.69, 9.17) is 0 Å².